The van der Waals surface area contributed by atoms with E-state index in [9.17, 15) is 4.79 Å². The average Bonchev–Trinajstić information content (AvgIpc) is 2.27. The molecule has 4 heteroatoms. The van der Waals surface area contributed by atoms with Gasteiger partial charge in [-0.15, -0.1) is 0 Å². The third-order valence-electron chi connectivity index (χ3n) is 2.63. The van der Waals surface area contributed by atoms with Gasteiger partial charge in [0.05, 0.1) is 0 Å². The molecule has 0 aromatic heterocycles. The van der Waals surface area contributed by atoms with E-state index < -0.39 is 5.60 Å². The van der Waals surface area contributed by atoms with Gasteiger partial charge in [0.15, 0.2) is 0 Å². The lowest BCUT2D eigenvalue weighted by Gasteiger charge is -2.19. The summed E-state index contributed by atoms with van der Waals surface area (Å²) >= 11 is 0. The van der Waals surface area contributed by atoms with Crippen molar-refractivity contribution < 1.29 is 9.53 Å². The maximum atomic E-state index is 11.4. The van der Waals surface area contributed by atoms with Crippen LogP contribution in [0.5, 0.6) is 0 Å². The lowest BCUT2D eigenvalue weighted by molar-refractivity contribution is 0.0530. The van der Waals surface area contributed by atoms with E-state index in [1.165, 1.54) is 11.1 Å². The zero-order valence-corrected chi connectivity index (χ0v) is 12.5. The van der Waals surface area contributed by atoms with E-state index in [2.05, 4.69) is 36.6 Å². The van der Waals surface area contributed by atoms with Gasteiger partial charge in [0, 0.05) is 18.8 Å². The fraction of sp³-hybridized carbons (Fsp3) is 0.533. The van der Waals surface area contributed by atoms with E-state index in [4.69, 9.17) is 4.74 Å². The fourth-order valence-electron chi connectivity index (χ4n) is 1.54. The molecule has 0 heterocycles. The molecule has 4 nitrogen and oxygen atoms in total. The summed E-state index contributed by atoms with van der Waals surface area (Å²) in [7, 11) is 0. The minimum Gasteiger partial charge on any atom is -0.444 e. The van der Waals surface area contributed by atoms with E-state index >= 15 is 0 Å². The predicted octanol–water partition coefficient (Wildman–Crippen LogP) is 3.24. The molecule has 0 radical (unpaired) electrons. The predicted molar refractivity (Wildman–Crippen MR) is 78.6 cm³/mol. The van der Waals surface area contributed by atoms with E-state index in [-0.39, 0.29) is 6.09 Å². The van der Waals surface area contributed by atoms with Crippen LogP contribution in [-0.2, 0) is 4.74 Å². The van der Waals surface area contributed by atoms with Crippen molar-refractivity contribution >= 4 is 11.8 Å². The van der Waals surface area contributed by atoms with Crippen LogP contribution in [0.4, 0.5) is 10.5 Å². The number of carbonyl (C=O) groups excluding carboxylic acids is 1. The van der Waals surface area contributed by atoms with Crippen molar-refractivity contribution in [3.8, 4) is 0 Å². The third-order valence-corrected chi connectivity index (χ3v) is 2.63. The van der Waals surface area contributed by atoms with Crippen molar-refractivity contribution in [3.63, 3.8) is 0 Å². The van der Waals surface area contributed by atoms with Gasteiger partial charge < -0.3 is 15.4 Å². The van der Waals surface area contributed by atoms with Gasteiger partial charge in [-0.3, -0.25) is 0 Å². The van der Waals surface area contributed by atoms with E-state index in [1.54, 1.807) is 0 Å². The molecular weight excluding hydrogens is 240 g/mol. The number of ether oxygens (including phenoxy) is 1. The molecule has 2 N–H and O–H groups in total. The number of nitrogens with one attached hydrogen (secondary N) is 2. The number of carbonyl (C=O) groups is 1. The van der Waals surface area contributed by atoms with Crippen LogP contribution in [0.15, 0.2) is 18.2 Å². The first-order valence-electron chi connectivity index (χ1n) is 6.56. The smallest absolute Gasteiger partial charge is 0.407 e. The molecule has 19 heavy (non-hydrogen) atoms. The van der Waals surface area contributed by atoms with Crippen molar-refractivity contribution in [2.24, 2.45) is 0 Å². The van der Waals surface area contributed by atoms with Gasteiger partial charge in [-0.05, 0) is 57.9 Å². The Morgan fingerprint density at radius 1 is 1.16 bits per heavy atom. The van der Waals surface area contributed by atoms with E-state index in [0.29, 0.717) is 13.1 Å². The number of amides is 1. The Morgan fingerprint density at radius 3 is 2.42 bits per heavy atom. The lowest BCUT2D eigenvalue weighted by Crippen LogP contribution is -2.34. The number of hydrogen-bond donors (Lipinski definition) is 2. The normalized spacial score (nSPS) is 11.0. The molecule has 0 aliphatic rings. The molecule has 0 unspecified atom stereocenters. The zero-order valence-electron chi connectivity index (χ0n) is 12.5. The van der Waals surface area contributed by atoms with Crippen LogP contribution in [0.25, 0.3) is 0 Å². The first-order valence-corrected chi connectivity index (χ1v) is 6.56. The molecule has 1 aromatic carbocycles. The van der Waals surface area contributed by atoms with Crippen molar-refractivity contribution in [3.05, 3.63) is 29.3 Å². The molecule has 0 fully saturated rings. The molecule has 0 aliphatic carbocycles. The standard InChI is InChI=1S/C15H24N2O2/c1-11-6-7-13(10-12(11)2)16-8-9-17-14(18)19-15(3,4)5/h6-7,10,16H,8-9H2,1-5H3,(H,17,18). The molecular formula is C15H24N2O2. The topological polar surface area (TPSA) is 50.4 Å². The van der Waals surface area contributed by atoms with Gasteiger partial charge in [-0.1, -0.05) is 6.07 Å². The highest BCUT2D eigenvalue weighted by molar-refractivity contribution is 5.67. The molecule has 1 amide bonds. The molecule has 0 atom stereocenters. The summed E-state index contributed by atoms with van der Waals surface area (Å²) in [6.45, 7) is 10.9. The number of anilines is 1. The van der Waals surface area contributed by atoms with Crippen LogP contribution >= 0.6 is 0 Å². The van der Waals surface area contributed by atoms with Gasteiger partial charge in [0.2, 0.25) is 0 Å². The second kappa shape index (κ2) is 6.45. The summed E-state index contributed by atoms with van der Waals surface area (Å²) in [5.41, 5.74) is 3.14. The van der Waals surface area contributed by atoms with Gasteiger partial charge in [0.1, 0.15) is 5.60 Å². The molecule has 0 bridgehead atoms. The summed E-state index contributed by atoms with van der Waals surface area (Å²) in [5.74, 6) is 0. The molecule has 0 saturated heterocycles. The van der Waals surface area contributed by atoms with E-state index in [0.717, 1.165) is 5.69 Å². The van der Waals surface area contributed by atoms with Gasteiger partial charge in [0.25, 0.3) is 0 Å². The second-order valence-electron chi connectivity index (χ2n) is 5.65. The largest absolute Gasteiger partial charge is 0.444 e. The molecule has 0 aliphatic heterocycles. The number of hydrogen-bond acceptors (Lipinski definition) is 3. The van der Waals surface area contributed by atoms with Crippen molar-refractivity contribution in [2.75, 3.05) is 18.4 Å². The SMILES string of the molecule is Cc1ccc(NCCNC(=O)OC(C)(C)C)cc1C. The van der Waals surface area contributed by atoms with Crippen LogP contribution in [0.1, 0.15) is 31.9 Å². The molecule has 1 rings (SSSR count). The van der Waals surface area contributed by atoms with E-state index in [1.807, 2.05) is 26.8 Å². The first kappa shape index (κ1) is 15.3. The number of rotatable bonds is 4. The Kier molecular flexibility index (Phi) is 5.21. The molecule has 0 spiro atoms. The molecule has 0 saturated carbocycles. The van der Waals surface area contributed by atoms with Gasteiger partial charge in [-0.2, -0.15) is 0 Å². The second-order valence-corrected chi connectivity index (χ2v) is 5.65. The lowest BCUT2D eigenvalue weighted by atomic mass is 10.1. The highest BCUT2D eigenvalue weighted by atomic mass is 16.6. The summed E-state index contributed by atoms with van der Waals surface area (Å²) in [4.78, 5) is 11.4. The van der Waals surface area contributed by atoms with Crippen molar-refractivity contribution in [1.82, 2.24) is 5.32 Å². The van der Waals surface area contributed by atoms with Gasteiger partial charge in [-0.25, -0.2) is 4.79 Å². The third kappa shape index (κ3) is 6.13. The maximum Gasteiger partial charge on any atom is 0.407 e. The summed E-state index contributed by atoms with van der Waals surface area (Å²) in [6, 6.07) is 6.22. The highest BCUT2D eigenvalue weighted by Gasteiger charge is 2.15. The minimum absolute atomic E-state index is 0.380. The van der Waals surface area contributed by atoms with Crippen LogP contribution in [0.3, 0.4) is 0 Å². The number of benzene rings is 1. The Bertz CT molecular complexity index is 436. The fourth-order valence-corrected chi connectivity index (χ4v) is 1.54. The Balaban J connectivity index is 2.27. The average molecular weight is 264 g/mol. The van der Waals surface area contributed by atoms with Gasteiger partial charge >= 0.3 is 6.09 Å². The summed E-state index contributed by atoms with van der Waals surface area (Å²) < 4.78 is 5.15. The summed E-state index contributed by atoms with van der Waals surface area (Å²) in [5, 5.41) is 5.97. The minimum atomic E-state index is -0.453. The molecule has 106 valence electrons. The Hall–Kier alpha value is -1.71. The first-order chi connectivity index (χ1) is 8.78. The Labute approximate surface area is 115 Å². The van der Waals surface area contributed by atoms with Crippen LogP contribution in [0.2, 0.25) is 0 Å². The van der Waals surface area contributed by atoms with Crippen LogP contribution in [-0.4, -0.2) is 24.8 Å². The number of aryl methyl sites for hydroxylation is 2. The number of alkyl carbamates (subject to hydrolysis) is 1. The van der Waals surface area contributed by atoms with Crippen LogP contribution in [0, 0.1) is 13.8 Å². The molecule has 1 aromatic rings. The van der Waals surface area contributed by atoms with Crippen molar-refractivity contribution in [1.29, 1.82) is 0 Å². The highest BCUT2D eigenvalue weighted by Crippen LogP contribution is 2.13. The van der Waals surface area contributed by atoms with Crippen LogP contribution < -0.4 is 10.6 Å². The monoisotopic (exact) mass is 264 g/mol. The van der Waals surface area contributed by atoms with Crippen molar-refractivity contribution in [2.45, 2.75) is 40.2 Å². The Morgan fingerprint density at radius 2 is 1.84 bits per heavy atom. The summed E-state index contributed by atoms with van der Waals surface area (Å²) in [6.07, 6.45) is -0.380. The zero-order chi connectivity index (χ0) is 14.5. The quantitative estimate of drug-likeness (QED) is 0.821. The maximum absolute atomic E-state index is 11.4.